The third kappa shape index (κ3) is 2.94. The lowest BCUT2D eigenvalue weighted by atomic mass is 9.96. The summed E-state index contributed by atoms with van der Waals surface area (Å²) in [6, 6.07) is 20.2. The minimum atomic E-state index is -0.537. The van der Waals surface area contributed by atoms with Gasteiger partial charge in [0.1, 0.15) is 0 Å². The highest BCUT2D eigenvalue weighted by atomic mass is 35.5. The van der Waals surface area contributed by atoms with Crippen LogP contribution in [-0.4, -0.2) is 5.11 Å². The summed E-state index contributed by atoms with van der Waals surface area (Å²) >= 11 is 6.13. The van der Waals surface area contributed by atoms with Gasteiger partial charge in [0.15, 0.2) is 0 Å². The molecule has 0 aliphatic rings. The second-order valence-electron chi connectivity index (χ2n) is 5.36. The van der Waals surface area contributed by atoms with Crippen molar-refractivity contribution in [1.29, 1.82) is 0 Å². The number of benzene rings is 3. The molecular weight excluding hydrogens is 280 g/mol. The van der Waals surface area contributed by atoms with Gasteiger partial charge in [-0.3, -0.25) is 0 Å². The van der Waals surface area contributed by atoms with Crippen molar-refractivity contribution < 1.29 is 5.11 Å². The van der Waals surface area contributed by atoms with Gasteiger partial charge in [0.2, 0.25) is 0 Å². The van der Waals surface area contributed by atoms with Crippen molar-refractivity contribution in [1.82, 2.24) is 0 Å². The zero-order valence-electron chi connectivity index (χ0n) is 11.9. The normalized spacial score (nSPS) is 12.5. The van der Waals surface area contributed by atoms with E-state index in [0.29, 0.717) is 11.4 Å². The van der Waals surface area contributed by atoms with Crippen LogP contribution in [-0.2, 0) is 6.42 Å². The van der Waals surface area contributed by atoms with Crippen molar-refractivity contribution in [2.24, 2.45) is 0 Å². The molecule has 0 heterocycles. The second-order valence-corrected chi connectivity index (χ2v) is 5.76. The minimum absolute atomic E-state index is 0.537. The zero-order chi connectivity index (χ0) is 14.8. The largest absolute Gasteiger partial charge is 0.388 e. The molecule has 3 aromatic rings. The molecule has 21 heavy (non-hydrogen) atoms. The molecule has 1 unspecified atom stereocenters. The third-order valence-electron chi connectivity index (χ3n) is 3.91. The van der Waals surface area contributed by atoms with E-state index in [4.69, 9.17) is 11.6 Å². The van der Waals surface area contributed by atoms with E-state index in [2.05, 4.69) is 30.3 Å². The first-order valence-electron chi connectivity index (χ1n) is 7.06. The van der Waals surface area contributed by atoms with Crippen LogP contribution in [0.5, 0.6) is 0 Å². The fourth-order valence-corrected chi connectivity index (χ4v) is 2.87. The quantitative estimate of drug-likeness (QED) is 0.715. The lowest BCUT2D eigenvalue weighted by Crippen LogP contribution is -2.04. The van der Waals surface area contributed by atoms with Gasteiger partial charge >= 0.3 is 0 Å². The molecule has 0 amide bonds. The Morgan fingerprint density at radius 1 is 0.952 bits per heavy atom. The first-order chi connectivity index (χ1) is 10.1. The summed E-state index contributed by atoms with van der Waals surface area (Å²) in [5.41, 5.74) is 2.98. The topological polar surface area (TPSA) is 20.2 Å². The number of fused-ring (bicyclic) bond motifs is 1. The van der Waals surface area contributed by atoms with E-state index >= 15 is 0 Å². The maximum Gasteiger partial charge on any atom is 0.0833 e. The molecule has 0 spiro atoms. The summed E-state index contributed by atoms with van der Waals surface area (Å²) in [4.78, 5) is 0. The summed E-state index contributed by atoms with van der Waals surface area (Å²) in [7, 11) is 0. The number of aliphatic hydroxyl groups excluding tert-OH is 1. The van der Waals surface area contributed by atoms with Crippen molar-refractivity contribution in [2.45, 2.75) is 19.4 Å². The Labute approximate surface area is 129 Å². The molecular formula is C19H17ClO. The Bertz CT molecular complexity index is 779. The molecule has 0 aliphatic heterocycles. The molecule has 0 bridgehead atoms. The highest BCUT2D eigenvalue weighted by Crippen LogP contribution is 2.27. The molecule has 106 valence electrons. The molecule has 0 radical (unpaired) electrons. The van der Waals surface area contributed by atoms with Gasteiger partial charge in [-0.1, -0.05) is 66.2 Å². The van der Waals surface area contributed by atoms with Gasteiger partial charge in [0.25, 0.3) is 0 Å². The molecule has 0 aromatic heterocycles. The van der Waals surface area contributed by atoms with Crippen LogP contribution in [0.25, 0.3) is 10.8 Å². The maximum absolute atomic E-state index is 10.5. The summed E-state index contributed by atoms with van der Waals surface area (Å²) in [5.74, 6) is 0. The van der Waals surface area contributed by atoms with Gasteiger partial charge in [-0.15, -0.1) is 0 Å². The van der Waals surface area contributed by atoms with E-state index in [1.54, 1.807) is 0 Å². The van der Waals surface area contributed by atoms with Crippen molar-refractivity contribution in [3.8, 4) is 0 Å². The van der Waals surface area contributed by atoms with Crippen molar-refractivity contribution in [2.75, 3.05) is 0 Å². The van der Waals surface area contributed by atoms with Crippen LogP contribution in [0, 0.1) is 6.92 Å². The molecule has 0 aliphatic carbocycles. The predicted molar refractivity (Wildman–Crippen MR) is 88.8 cm³/mol. The van der Waals surface area contributed by atoms with Crippen LogP contribution in [0.2, 0.25) is 5.02 Å². The molecule has 1 N–H and O–H groups in total. The van der Waals surface area contributed by atoms with Gasteiger partial charge in [0.05, 0.1) is 6.10 Å². The van der Waals surface area contributed by atoms with E-state index in [1.165, 1.54) is 10.8 Å². The molecule has 0 saturated carbocycles. The standard InChI is InChI=1S/C19H17ClO/c1-13-17(7-4-8-18(13)20)19(21)12-14-9-10-15-5-2-3-6-16(15)11-14/h2-11,19,21H,12H2,1H3. The van der Waals surface area contributed by atoms with Gasteiger partial charge in [-0.25, -0.2) is 0 Å². The SMILES string of the molecule is Cc1c(Cl)cccc1C(O)Cc1ccc2ccccc2c1. The molecule has 1 nitrogen and oxygen atoms in total. The Morgan fingerprint density at radius 2 is 1.71 bits per heavy atom. The Morgan fingerprint density at radius 3 is 2.52 bits per heavy atom. The first-order valence-corrected chi connectivity index (χ1v) is 7.44. The number of aliphatic hydroxyl groups is 1. The van der Waals surface area contributed by atoms with Gasteiger partial charge in [-0.2, -0.15) is 0 Å². The molecule has 1 atom stereocenters. The Balaban J connectivity index is 1.89. The smallest absolute Gasteiger partial charge is 0.0833 e. The number of hydrogen-bond donors (Lipinski definition) is 1. The predicted octanol–water partition coefficient (Wildman–Crippen LogP) is 5.08. The molecule has 0 fully saturated rings. The first kappa shape index (κ1) is 14.1. The monoisotopic (exact) mass is 296 g/mol. The van der Waals surface area contributed by atoms with E-state index in [9.17, 15) is 5.11 Å². The van der Waals surface area contributed by atoms with Crippen molar-refractivity contribution in [3.05, 3.63) is 82.4 Å². The zero-order valence-corrected chi connectivity index (χ0v) is 12.6. The van der Waals surface area contributed by atoms with E-state index in [-0.39, 0.29) is 0 Å². The van der Waals surface area contributed by atoms with Crippen LogP contribution in [0.15, 0.2) is 60.7 Å². The molecule has 3 aromatic carbocycles. The van der Waals surface area contributed by atoms with Crippen molar-refractivity contribution in [3.63, 3.8) is 0 Å². The highest BCUT2D eigenvalue weighted by Gasteiger charge is 2.13. The average Bonchev–Trinajstić information content (AvgIpc) is 2.50. The van der Waals surface area contributed by atoms with Crippen LogP contribution < -0.4 is 0 Å². The number of rotatable bonds is 3. The van der Waals surface area contributed by atoms with Crippen LogP contribution in [0.3, 0.4) is 0 Å². The second kappa shape index (κ2) is 5.88. The van der Waals surface area contributed by atoms with E-state index < -0.39 is 6.10 Å². The van der Waals surface area contributed by atoms with E-state index in [1.807, 2.05) is 37.3 Å². The van der Waals surface area contributed by atoms with Gasteiger partial charge in [0, 0.05) is 11.4 Å². The summed E-state index contributed by atoms with van der Waals surface area (Å²) in [6.45, 7) is 1.95. The summed E-state index contributed by atoms with van der Waals surface area (Å²) in [6.07, 6.45) is 0.0521. The number of hydrogen-bond acceptors (Lipinski definition) is 1. The number of halogens is 1. The molecule has 0 saturated heterocycles. The fourth-order valence-electron chi connectivity index (χ4n) is 2.68. The minimum Gasteiger partial charge on any atom is -0.388 e. The summed E-state index contributed by atoms with van der Waals surface area (Å²) < 4.78 is 0. The lowest BCUT2D eigenvalue weighted by Gasteiger charge is -2.15. The Kier molecular flexibility index (Phi) is 3.96. The molecule has 3 rings (SSSR count). The third-order valence-corrected chi connectivity index (χ3v) is 4.32. The summed E-state index contributed by atoms with van der Waals surface area (Å²) in [5, 5.41) is 13.6. The van der Waals surface area contributed by atoms with Crippen LogP contribution >= 0.6 is 11.6 Å². The van der Waals surface area contributed by atoms with Crippen LogP contribution in [0.1, 0.15) is 22.8 Å². The van der Waals surface area contributed by atoms with Crippen LogP contribution in [0.4, 0.5) is 0 Å². The maximum atomic E-state index is 10.5. The van der Waals surface area contributed by atoms with Gasteiger partial charge < -0.3 is 5.11 Å². The lowest BCUT2D eigenvalue weighted by molar-refractivity contribution is 0.178. The highest BCUT2D eigenvalue weighted by molar-refractivity contribution is 6.31. The Hall–Kier alpha value is -1.83. The fraction of sp³-hybridized carbons (Fsp3) is 0.158. The van der Waals surface area contributed by atoms with Crippen molar-refractivity contribution >= 4 is 22.4 Å². The molecule has 2 heteroatoms. The van der Waals surface area contributed by atoms with Gasteiger partial charge in [-0.05, 0) is 40.5 Å². The van der Waals surface area contributed by atoms with E-state index in [0.717, 1.165) is 16.7 Å². The average molecular weight is 297 g/mol.